The summed E-state index contributed by atoms with van der Waals surface area (Å²) in [5.41, 5.74) is 1.02. The third-order valence-electron chi connectivity index (χ3n) is 2.71. The first-order valence-corrected chi connectivity index (χ1v) is 5.81. The first-order chi connectivity index (χ1) is 8.79. The maximum Gasteiger partial charge on any atom is 0.122 e. The molecular formula is C14H16N4. The second-order valence-corrected chi connectivity index (χ2v) is 4.12. The first-order valence-electron chi connectivity index (χ1n) is 5.81. The zero-order valence-electron chi connectivity index (χ0n) is 10.5. The number of imidazole rings is 1. The maximum absolute atomic E-state index is 5.41. The van der Waals surface area contributed by atoms with E-state index in [2.05, 4.69) is 20.8 Å². The van der Waals surface area contributed by atoms with E-state index in [1.807, 2.05) is 36.0 Å². The summed E-state index contributed by atoms with van der Waals surface area (Å²) in [4.78, 5) is 10.8. The lowest BCUT2D eigenvalue weighted by molar-refractivity contribution is 0.277. The van der Waals surface area contributed by atoms with Crippen LogP contribution in [0.25, 0.3) is 0 Å². The maximum atomic E-state index is 5.41. The Morgan fingerprint density at radius 2 is 2.17 bits per heavy atom. The van der Waals surface area contributed by atoms with Crippen LogP contribution >= 0.6 is 0 Å². The van der Waals surface area contributed by atoms with Crippen LogP contribution in [-0.2, 0) is 20.1 Å². The number of hydrogen-bond acceptors (Lipinski definition) is 3. The van der Waals surface area contributed by atoms with Gasteiger partial charge < -0.3 is 4.57 Å². The Morgan fingerprint density at radius 3 is 2.78 bits per heavy atom. The van der Waals surface area contributed by atoms with E-state index in [9.17, 15) is 0 Å². The van der Waals surface area contributed by atoms with Crippen molar-refractivity contribution in [2.45, 2.75) is 13.1 Å². The number of terminal acetylenes is 1. The summed E-state index contributed by atoms with van der Waals surface area (Å²) in [5, 5.41) is 0. The normalized spacial score (nSPS) is 10.5. The molecule has 0 radical (unpaired) electrons. The average Bonchev–Trinajstić information content (AvgIpc) is 2.77. The Hall–Kier alpha value is -2.12. The van der Waals surface area contributed by atoms with Gasteiger partial charge in [0.15, 0.2) is 0 Å². The Morgan fingerprint density at radius 1 is 1.28 bits per heavy atom. The van der Waals surface area contributed by atoms with Gasteiger partial charge >= 0.3 is 0 Å². The summed E-state index contributed by atoms with van der Waals surface area (Å²) in [6.07, 6.45) is 10.9. The van der Waals surface area contributed by atoms with Gasteiger partial charge in [0.2, 0.25) is 0 Å². The van der Waals surface area contributed by atoms with Gasteiger partial charge in [-0.2, -0.15) is 0 Å². The van der Waals surface area contributed by atoms with Crippen LogP contribution in [-0.4, -0.2) is 26.0 Å². The van der Waals surface area contributed by atoms with Crippen molar-refractivity contribution in [3.05, 3.63) is 48.3 Å². The van der Waals surface area contributed by atoms with Crippen LogP contribution in [0.1, 0.15) is 11.5 Å². The Labute approximate surface area is 107 Å². The Balaban J connectivity index is 2.05. The van der Waals surface area contributed by atoms with Crippen LogP contribution in [0.3, 0.4) is 0 Å². The van der Waals surface area contributed by atoms with E-state index in [-0.39, 0.29) is 0 Å². The highest BCUT2D eigenvalue weighted by Gasteiger charge is 2.09. The standard InChI is InChI=1S/C14H16N4/c1-3-9-18(11-13-6-4-5-7-15-13)12-14-16-8-10-17(14)2/h1,4-8,10H,9,11-12H2,2H3. The average molecular weight is 240 g/mol. The van der Waals surface area contributed by atoms with Gasteiger partial charge in [-0.1, -0.05) is 12.0 Å². The van der Waals surface area contributed by atoms with Gasteiger partial charge in [0.1, 0.15) is 5.82 Å². The summed E-state index contributed by atoms with van der Waals surface area (Å²) < 4.78 is 2.00. The van der Waals surface area contributed by atoms with Gasteiger partial charge in [0.25, 0.3) is 0 Å². The predicted molar refractivity (Wildman–Crippen MR) is 70.4 cm³/mol. The summed E-state index contributed by atoms with van der Waals surface area (Å²) in [6, 6.07) is 5.90. The molecule has 0 aliphatic carbocycles. The lowest BCUT2D eigenvalue weighted by Gasteiger charge is -2.18. The molecular weight excluding hydrogens is 224 g/mol. The van der Waals surface area contributed by atoms with E-state index >= 15 is 0 Å². The summed E-state index contributed by atoms with van der Waals surface area (Å²) in [5.74, 6) is 3.68. The quantitative estimate of drug-likeness (QED) is 0.742. The fourth-order valence-corrected chi connectivity index (χ4v) is 1.77. The molecule has 0 aromatic carbocycles. The zero-order valence-corrected chi connectivity index (χ0v) is 10.5. The molecule has 18 heavy (non-hydrogen) atoms. The molecule has 2 rings (SSSR count). The minimum absolute atomic E-state index is 0.587. The molecule has 0 unspecified atom stereocenters. The van der Waals surface area contributed by atoms with E-state index in [1.165, 1.54) is 0 Å². The molecule has 0 N–H and O–H groups in total. The SMILES string of the molecule is C#CCN(Cc1ccccn1)Cc1nccn1C. The summed E-state index contributed by atoms with van der Waals surface area (Å²) in [6.45, 7) is 2.05. The second kappa shape index (κ2) is 5.99. The molecule has 0 saturated heterocycles. The third kappa shape index (κ3) is 3.19. The monoisotopic (exact) mass is 240 g/mol. The van der Waals surface area contributed by atoms with Crippen LogP contribution in [0, 0.1) is 12.3 Å². The lowest BCUT2D eigenvalue weighted by atomic mass is 10.3. The molecule has 0 fully saturated rings. The van der Waals surface area contributed by atoms with Crippen molar-refractivity contribution in [1.29, 1.82) is 0 Å². The molecule has 4 heteroatoms. The fraction of sp³-hybridized carbons (Fsp3) is 0.286. The first kappa shape index (κ1) is 12.3. The molecule has 0 atom stereocenters. The summed E-state index contributed by atoms with van der Waals surface area (Å²) >= 11 is 0. The van der Waals surface area contributed by atoms with E-state index in [4.69, 9.17) is 6.42 Å². The van der Waals surface area contributed by atoms with Crippen LogP contribution in [0.15, 0.2) is 36.8 Å². The van der Waals surface area contributed by atoms with E-state index in [0.29, 0.717) is 6.54 Å². The number of aromatic nitrogens is 3. The highest BCUT2D eigenvalue weighted by Crippen LogP contribution is 2.06. The molecule has 0 spiro atoms. The van der Waals surface area contributed by atoms with Gasteiger partial charge in [0.05, 0.1) is 18.8 Å². The largest absolute Gasteiger partial charge is 0.337 e. The fourth-order valence-electron chi connectivity index (χ4n) is 1.77. The minimum atomic E-state index is 0.587. The van der Waals surface area contributed by atoms with Gasteiger partial charge in [-0.05, 0) is 12.1 Å². The second-order valence-electron chi connectivity index (χ2n) is 4.12. The molecule has 92 valence electrons. The number of pyridine rings is 1. The zero-order chi connectivity index (χ0) is 12.8. The molecule has 0 saturated carbocycles. The molecule has 0 bridgehead atoms. The van der Waals surface area contributed by atoms with Crippen LogP contribution < -0.4 is 0 Å². The van der Waals surface area contributed by atoms with E-state index in [0.717, 1.165) is 24.6 Å². The summed E-state index contributed by atoms with van der Waals surface area (Å²) in [7, 11) is 1.98. The van der Waals surface area contributed by atoms with Gasteiger partial charge in [0, 0.05) is 32.2 Å². The molecule has 0 amide bonds. The number of aryl methyl sites for hydroxylation is 1. The number of nitrogens with zero attached hydrogens (tertiary/aromatic N) is 4. The third-order valence-corrected chi connectivity index (χ3v) is 2.71. The van der Waals surface area contributed by atoms with Gasteiger partial charge in [-0.3, -0.25) is 9.88 Å². The highest BCUT2D eigenvalue weighted by molar-refractivity contribution is 5.04. The Kier molecular flexibility index (Phi) is 4.11. The lowest BCUT2D eigenvalue weighted by Crippen LogP contribution is -2.25. The van der Waals surface area contributed by atoms with Gasteiger partial charge in [-0.25, -0.2) is 4.98 Å². The van der Waals surface area contributed by atoms with Crippen LogP contribution in [0.5, 0.6) is 0 Å². The predicted octanol–water partition coefficient (Wildman–Crippen LogP) is 1.45. The topological polar surface area (TPSA) is 34.0 Å². The number of rotatable bonds is 5. The van der Waals surface area contributed by atoms with Crippen molar-refractivity contribution in [1.82, 2.24) is 19.4 Å². The van der Waals surface area contributed by atoms with Crippen molar-refractivity contribution >= 4 is 0 Å². The number of hydrogen-bond donors (Lipinski definition) is 0. The van der Waals surface area contributed by atoms with E-state index in [1.54, 1.807) is 12.4 Å². The van der Waals surface area contributed by atoms with Crippen molar-refractivity contribution in [3.8, 4) is 12.3 Å². The van der Waals surface area contributed by atoms with Crippen LogP contribution in [0.2, 0.25) is 0 Å². The van der Waals surface area contributed by atoms with Gasteiger partial charge in [-0.15, -0.1) is 6.42 Å². The van der Waals surface area contributed by atoms with Crippen molar-refractivity contribution in [2.75, 3.05) is 6.54 Å². The van der Waals surface area contributed by atoms with Crippen molar-refractivity contribution in [2.24, 2.45) is 7.05 Å². The molecule has 4 nitrogen and oxygen atoms in total. The minimum Gasteiger partial charge on any atom is -0.337 e. The van der Waals surface area contributed by atoms with Crippen molar-refractivity contribution in [3.63, 3.8) is 0 Å². The molecule has 0 aliphatic rings. The van der Waals surface area contributed by atoms with E-state index < -0.39 is 0 Å². The molecule has 2 heterocycles. The molecule has 2 aromatic rings. The van der Waals surface area contributed by atoms with Crippen LogP contribution in [0.4, 0.5) is 0 Å². The Bertz CT molecular complexity index is 524. The van der Waals surface area contributed by atoms with Crippen molar-refractivity contribution < 1.29 is 0 Å². The molecule has 2 aromatic heterocycles. The molecule has 0 aliphatic heterocycles. The smallest absolute Gasteiger partial charge is 0.122 e. The highest BCUT2D eigenvalue weighted by atomic mass is 15.2.